The van der Waals surface area contributed by atoms with E-state index in [-0.39, 0.29) is 10.3 Å². The fourth-order valence-electron chi connectivity index (χ4n) is 1.23. The summed E-state index contributed by atoms with van der Waals surface area (Å²) >= 11 is 11.8. The zero-order valence-electron chi connectivity index (χ0n) is 10.5. The molecule has 0 atom stereocenters. The molecule has 1 aromatic rings. The fraction of sp³-hybridized carbons (Fsp3) is 0.154. The highest BCUT2D eigenvalue weighted by Crippen LogP contribution is 2.21. The number of hydrogen-bond donors (Lipinski definition) is 0. The monoisotopic (exact) mass is 298 g/mol. The minimum atomic E-state index is -0.495. The first-order chi connectivity index (χ1) is 8.99. The van der Waals surface area contributed by atoms with Gasteiger partial charge in [-0.25, -0.2) is 14.8 Å². The summed E-state index contributed by atoms with van der Waals surface area (Å²) in [5, 5.41) is 0.367. The Kier molecular flexibility index (Phi) is 5.73. The molecule has 100 valence electrons. The van der Waals surface area contributed by atoms with Crippen molar-refractivity contribution in [3.05, 3.63) is 52.6 Å². The number of halogens is 2. The summed E-state index contributed by atoms with van der Waals surface area (Å²) in [6.45, 7) is 5.24. The summed E-state index contributed by atoms with van der Waals surface area (Å²) in [7, 11) is 1.29. The van der Waals surface area contributed by atoms with Crippen LogP contribution in [0.2, 0.25) is 5.28 Å². The summed E-state index contributed by atoms with van der Waals surface area (Å²) in [4.78, 5) is 19.2. The Morgan fingerprint density at radius 2 is 2.21 bits per heavy atom. The number of ether oxygens (including phenoxy) is 1. The zero-order chi connectivity index (χ0) is 14.4. The number of aromatic nitrogens is 2. The molecule has 0 N–H and O–H groups in total. The van der Waals surface area contributed by atoms with Gasteiger partial charge in [-0.05, 0) is 30.7 Å². The van der Waals surface area contributed by atoms with Crippen LogP contribution in [-0.4, -0.2) is 23.0 Å². The number of methoxy groups -OCH3 is 1. The molecule has 0 amide bonds. The molecule has 1 rings (SSSR count). The van der Waals surface area contributed by atoms with Crippen LogP contribution >= 0.6 is 23.2 Å². The molecular formula is C13H12Cl2N2O2. The molecule has 0 bridgehead atoms. The van der Waals surface area contributed by atoms with Crippen molar-refractivity contribution in [2.24, 2.45) is 0 Å². The van der Waals surface area contributed by atoms with Crippen molar-refractivity contribution in [2.45, 2.75) is 6.92 Å². The van der Waals surface area contributed by atoms with Gasteiger partial charge in [-0.15, -0.1) is 0 Å². The Bertz CT molecular complexity index is 566. The quantitative estimate of drug-likeness (QED) is 0.370. The minimum Gasteiger partial charge on any atom is -0.466 e. The van der Waals surface area contributed by atoms with Crippen molar-refractivity contribution in [3.63, 3.8) is 0 Å². The summed E-state index contributed by atoms with van der Waals surface area (Å²) in [6.07, 6.45) is 4.65. The van der Waals surface area contributed by atoms with Crippen LogP contribution in [-0.2, 0) is 9.53 Å². The molecule has 4 nitrogen and oxygen atoms in total. The lowest BCUT2D eigenvalue weighted by molar-refractivity contribution is -0.136. The Balaban J connectivity index is 3.20. The molecule has 19 heavy (non-hydrogen) atoms. The van der Waals surface area contributed by atoms with Crippen molar-refractivity contribution in [1.82, 2.24) is 9.97 Å². The van der Waals surface area contributed by atoms with Gasteiger partial charge in [0.25, 0.3) is 0 Å². The first-order valence-electron chi connectivity index (χ1n) is 5.27. The lowest BCUT2D eigenvalue weighted by Crippen LogP contribution is -2.02. The van der Waals surface area contributed by atoms with Gasteiger partial charge in [0, 0.05) is 11.8 Å². The van der Waals surface area contributed by atoms with E-state index in [2.05, 4.69) is 21.3 Å². The maximum atomic E-state index is 11.3. The number of rotatable bonds is 4. The Labute approximate surface area is 121 Å². The van der Waals surface area contributed by atoms with Crippen LogP contribution in [0.3, 0.4) is 0 Å². The highest BCUT2D eigenvalue weighted by Gasteiger charge is 2.09. The van der Waals surface area contributed by atoms with E-state index in [1.54, 1.807) is 25.1 Å². The van der Waals surface area contributed by atoms with Crippen LogP contribution in [0.5, 0.6) is 0 Å². The van der Waals surface area contributed by atoms with Gasteiger partial charge in [0.2, 0.25) is 5.28 Å². The van der Waals surface area contributed by atoms with E-state index in [1.807, 2.05) is 0 Å². The molecule has 0 aliphatic rings. The highest BCUT2D eigenvalue weighted by molar-refractivity contribution is 6.33. The third-order valence-corrected chi connectivity index (χ3v) is 2.85. The van der Waals surface area contributed by atoms with Gasteiger partial charge in [0.05, 0.1) is 23.4 Å². The number of allylic oxidation sites excluding steroid dienone is 4. The number of esters is 1. The van der Waals surface area contributed by atoms with E-state index in [0.717, 1.165) is 0 Å². The van der Waals surface area contributed by atoms with Gasteiger partial charge >= 0.3 is 5.97 Å². The van der Waals surface area contributed by atoms with E-state index in [1.165, 1.54) is 13.3 Å². The highest BCUT2D eigenvalue weighted by atomic mass is 35.5. The van der Waals surface area contributed by atoms with E-state index >= 15 is 0 Å². The van der Waals surface area contributed by atoms with Crippen LogP contribution in [0.25, 0.3) is 5.57 Å². The largest absolute Gasteiger partial charge is 0.466 e. The molecule has 0 saturated carbocycles. The summed E-state index contributed by atoms with van der Waals surface area (Å²) in [6, 6.07) is 1.66. The topological polar surface area (TPSA) is 52.1 Å². The predicted molar refractivity (Wildman–Crippen MR) is 75.8 cm³/mol. The standard InChI is InChI=1S/C13H12Cl2N2O2/c1-4-9(11-5-6-16-13(15)17-11)7-10(14)8(2)12(18)19-3/h4-7H,1H2,2-3H3/b9-7+,10-8-. The van der Waals surface area contributed by atoms with Crippen molar-refractivity contribution in [3.8, 4) is 0 Å². The smallest absolute Gasteiger partial charge is 0.334 e. The molecule has 1 aromatic heterocycles. The third kappa shape index (κ3) is 4.19. The first kappa shape index (κ1) is 15.4. The molecule has 1 heterocycles. The van der Waals surface area contributed by atoms with Crippen LogP contribution in [0.15, 0.2) is 41.6 Å². The van der Waals surface area contributed by atoms with Crippen LogP contribution in [0, 0.1) is 0 Å². The zero-order valence-corrected chi connectivity index (χ0v) is 12.0. The van der Waals surface area contributed by atoms with Crippen molar-refractivity contribution in [1.29, 1.82) is 0 Å². The van der Waals surface area contributed by atoms with Crippen LogP contribution in [0.1, 0.15) is 12.6 Å². The van der Waals surface area contributed by atoms with Crippen LogP contribution in [0.4, 0.5) is 0 Å². The van der Waals surface area contributed by atoms with Crippen molar-refractivity contribution >= 4 is 34.7 Å². The molecule has 0 radical (unpaired) electrons. The van der Waals surface area contributed by atoms with E-state index in [0.29, 0.717) is 16.8 Å². The van der Waals surface area contributed by atoms with Gasteiger partial charge in [0.1, 0.15) is 0 Å². The molecule has 0 aromatic carbocycles. The van der Waals surface area contributed by atoms with Crippen LogP contribution < -0.4 is 0 Å². The molecule has 0 fully saturated rings. The number of carbonyl (C=O) groups excluding carboxylic acids is 1. The van der Waals surface area contributed by atoms with Crippen molar-refractivity contribution < 1.29 is 9.53 Å². The molecule has 0 unspecified atom stereocenters. The molecule has 0 spiro atoms. The Morgan fingerprint density at radius 3 is 2.74 bits per heavy atom. The lowest BCUT2D eigenvalue weighted by Gasteiger charge is -2.04. The number of hydrogen-bond acceptors (Lipinski definition) is 4. The summed E-state index contributed by atoms with van der Waals surface area (Å²) < 4.78 is 4.59. The van der Waals surface area contributed by atoms with E-state index in [9.17, 15) is 4.79 Å². The molecular weight excluding hydrogens is 287 g/mol. The molecule has 0 saturated heterocycles. The van der Waals surface area contributed by atoms with E-state index in [4.69, 9.17) is 23.2 Å². The van der Waals surface area contributed by atoms with E-state index < -0.39 is 5.97 Å². The maximum Gasteiger partial charge on any atom is 0.334 e. The number of nitrogens with zero attached hydrogens (tertiary/aromatic N) is 2. The second-order valence-electron chi connectivity index (χ2n) is 3.48. The molecule has 0 aliphatic carbocycles. The fourth-order valence-corrected chi connectivity index (χ4v) is 1.57. The minimum absolute atomic E-state index is 0.120. The molecule has 6 heteroatoms. The lowest BCUT2D eigenvalue weighted by atomic mass is 10.1. The maximum absolute atomic E-state index is 11.3. The SMILES string of the molecule is C=C/C(=C\C(Cl)=C(/C)C(=O)OC)c1ccnc(Cl)n1. The average Bonchev–Trinajstić information content (AvgIpc) is 2.42. The third-order valence-electron chi connectivity index (χ3n) is 2.27. The van der Waals surface area contributed by atoms with Gasteiger partial charge in [-0.2, -0.15) is 0 Å². The average molecular weight is 299 g/mol. The second-order valence-corrected chi connectivity index (χ2v) is 4.22. The molecule has 0 aliphatic heterocycles. The second kappa shape index (κ2) is 7.07. The van der Waals surface area contributed by atoms with Gasteiger partial charge in [0.15, 0.2) is 0 Å². The first-order valence-corrected chi connectivity index (χ1v) is 6.03. The van der Waals surface area contributed by atoms with Gasteiger partial charge in [-0.1, -0.05) is 24.3 Å². The number of carbonyl (C=O) groups is 1. The Hall–Kier alpha value is -1.65. The van der Waals surface area contributed by atoms with Crippen molar-refractivity contribution in [2.75, 3.05) is 7.11 Å². The summed E-state index contributed by atoms with van der Waals surface area (Å²) in [5.41, 5.74) is 1.48. The van der Waals surface area contributed by atoms with Gasteiger partial charge < -0.3 is 4.74 Å². The predicted octanol–water partition coefficient (Wildman–Crippen LogP) is 3.39. The van der Waals surface area contributed by atoms with Gasteiger partial charge in [-0.3, -0.25) is 0 Å². The Morgan fingerprint density at radius 1 is 1.53 bits per heavy atom. The normalized spacial score (nSPS) is 12.7. The summed E-state index contributed by atoms with van der Waals surface area (Å²) in [5.74, 6) is -0.495.